The van der Waals surface area contributed by atoms with E-state index in [2.05, 4.69) is 36.4 Å². The average molecular weight is 431 g/mol. The molecule has 1 aliphatic carbocycles. The molecule has 166 valence electrons. The minimum atomic E-state index is -0.738. The molecule has 1 aromatic heterocycles. The third-order valence-electron chi connectivity index (χ3n) is 6.46. The number of carboxylic acid groups (broad SMARTS) is 1. The minimum absolute atomic E-state index is 0.102. The zero-order chi connectivity index (χ0) is 22.8. The van der Waals surface area contributed by atoms with Crippen molar-refractivity contribution in [3.05, 3.63) is 66.2 Å². The number of benzene rings is 2. The molecule has 1 heterocycles. The van der Waals surface area contributed by atoms with Crippen LogP contribution in [0.4, 0.5) is 17.5 Å². The first-order chi connectivity index (χ1) is 15.3. The molecule has 0 atom stereocenters. The molecule has 0 saturated heterocycles. The van der Waals surface area contributed by atoms with E-state index < -0.39 is 11.4 Å². The van der Waals surface area contributed by atoms with Gasteiger partial charge in [0.2, 0.25) is 5.95 Å². The molecule has 0 bridgehead atoms. The van der Waals surface area contributed by atoms with Gasteiger partial charge < -0.3 is 15.7 Å². The van der Waals surface area contributed by atoms with E-state index in [0.29, 0.717) is 18.8 Å². The molecular formula is C26H30N4O2. The van der Waals surface area contributed by atoms with E-state index in [-0.39, 0.29) is 5.54 Å². The van der Waals surface area contributed by atoms with Gasteiger partial charge in [-0.2, -0.15) is 4.98 Å². The normalized spacial score (nSPS) is 15.0. The number of aliphatic carboxylic acids is 1. The lowest BCUT2D eigenvalue weighted by atomic mass is 9.64. The minimum Gasteiger partial charge on any atom is -0.481 e. The first kappa shape index (κ1) is 21.8. The first-order valence-electron chi connectivity index (χ1n) is 11.1. The van der Waals surface area contributed by atoms with E-state index in [1.165, 1.54) is 0 Å². The highest BCUT2D eigenvalue weighted by Crippen LogP contribution is 2.44. The van der Waals surface area contributed by atoms with Gasteiger partial charge in [-0.15, -0.1) is 0 Å². The largest absolute Gasteiger partial charge is 0.481 e. The Morgan fingerprint density at radius 2 is 1.75 bits per heavy atom. The Kier molecular flexibility index (Phi) is 5.87. The molecule has 32 heavy (non-hydrogen) atoms. The Bertz CT molecular complexity index is 1090. The summed E-state index contributed by atoms with van der Waals surface area (Å²) in [5.41, 5.74) is 2.68. The van der Waals surface area contributed by atoms with Gasteiger partial charge in [-0.1, -0.05) is 55.8 Å². The Labute approximate surface area is 189 Å². The lowest BCUT2D eigenvalue weighted by molar-refractivity contribution is -0.147. The summed E-state index contributed by atoms with van der Waals surface area (Å²) in [5, 5.41) is 16.5. The van der Waals surface area contributed by atoms with Crippen LogP contribution in [0.15, 0.2) is 60.7 Å². The Balaban J connectivity index is 1.63. The molecule has 0 amide bonds. The van der Waals surface area contributed by atoms with Gasteiger partial charge in [-0.05, 0) is 50.8 Å². The van der Waals surface area contributed by atoms with Crippen molar-refractivity contribution in [3.8, 4) is 11.3 Å². The van der Waals surface area contributed by atoms with Gasteiger partial charge in [0.25, 0.3) is 0 Å². The van der Waals surface area contributed by atoms with E-state index in [4.69, 9.17) is 4.98 Å². The third-order valence-corrected chi connectivity index (χ3v) is 6.46. The summed E-state index contributed by atoms with van der Waals surface area (Å²) in [6, 6.07) is 19.6. The molecule has 1 aliphatic rings. The number of nitrogens with one attached hydrogen (secondary N) is 2. The van der Waals surface area contributed by atoms with Crippen molar-refractivity contribution in [2.24, 2.45) is 0 Å². The van der Waals surface area contributed by atoms with Gasteiger partial charge in [-0.25, -0.2) is 4.98 Å². The first-order valence-corrected chi connectivity index (χ1v) is 11.1. The maximum absolute atomic E-state index is 11.8. The molecule has 1 saturated carbocycles. The van der Waals surface area contributed by atoms with Crippen LogP contribution in [0.25, 0.3) is 11.3 Å². The molecule has 2 aromatic carbocycles. The highest BCUT2D eigenvalue weighted by atomic mass is 16.4. The lowest BCUT2D eigenvalue weighted by Gasteiger charge is -2.38. The Morgan fingerprint density at radius 1 is 1.06 bits per heavy atom. The monoisotopic (exact) mass is 430 g/mol. The molecule has 3 N–H and O–H groups in total. The molecule has 0 spiro atoms. The van der Waals surface area contributed by atoms with Crippen LogP contribution in [0.2, 0.25) is 0 Å². The summed E-state index contributed by atoms with van der Waals surface area (Å²) in [6.45, 7) is 6.42. The molecular weight excluding hydrogens is 400 g/mol. The van der Waals surface area contributed by atoms with Crippen molar-refractivity contribution < 1.29 is 9.90 Å². The summed E-state index contributed by atoms with van der Waals surface area (Å²) in [4.78, 5) is 21.2. The number of hydrogen-bond acceptors (Lipinski definition) is 5. The van der Waals surface area contributed by atoms with Crippen LogP contribution in [-0.2, 0) is 10.2 Å². The number of carbonyl (C=O) groups is 1. The Hall–Kier alpha value is -3.41. The highest BCUT2D eigenvalue weighted by molar-refractivity contribution is 5.82. The molecule has 0 unspecified atom stereocenters. The van der Waals surface area contributed by atoms with Crippen molar-refractivity contribution in [1.29, 1.82) is 0 Å². The fourth-order valence-electron chi connectivity index (χ4n) is 3.92. The molecule has 3 aromatic rings. The van der Waals surface area contributed by atoms with Crippen molar-refractivity contribution in [1.82, 2.24) is 9.97 Å². The fourth-order valence-corrected chi connectivity index (χ4v) is 3.92. The summed E-state index contributed by atoms with van der Waals surface area (Å²) in [5.74, 6) is 0.506. The fraction of sp³-hybridized carbons (Fsp3) is 0.346. The smallest absolute Gasteiger partial charge is 0.314 e. The van der Waals surface area contributed by atoms with E-state index in [9.17, 15) is 9.90 Å². The maximum atomic E-state index is 11.8. The number of anilines is 3. The van der Waals surface area contributed by atoms with Crippen LogP contribution < -0.4 is 10.6 Å². The summed E-state index contributed by atoms with van der Waals surface area (Å²) < 4.78 is 0. The second-order valence-electron chi connectivity index (χ2n) is 9.13. The molecule has 6 heteroatoms. The van der Waals surface area contributed by atoms with Crippen LogP contribution in [0.1, 0.15) is 52.0 Å². The van der Waals surface area contributed by atoms with E-state index in [1.807, 2.05) is 60.7 Å². The van der Waals surface area contributed by atoms with Crippen molar-refractivity contribution in [2.45, 2.75) is 57.4 Å². The molecule has 1 fully saturated rings. The average Bonchev–Trinajstić information content (AvgIpc) is 2.74. The second-order valence-corrected chi connectivity index (χ2v) is 9.13. The van der Waals surface area contributed by atoms with E-state index >= 15 is 0 Å². The van der Waals surface area contributed by atoms with Crippen LogP contribution in [-0.4, -0.2) is 26.6 Å². The van der Waals surface area contributed by atoms with Crippen LogP contribution in [0, 0.1) is 0 Å². The summed E-state index contributed by atoms with van der Waals surface area (Å²) in [6.07, 6.45) is 3.29. The number of nitrogens with zero attached hydrogens (tertiary/aromatic N) is 2. The van der Waals surface area contributed by atoms with E-state index in [1.54, 1.807) is 0 Å². The van der Waals surface area contributed by atoms with Gasteiger partial charge in [0.05, 0.1) is 11.1 Å². The van der Waals surface area contributed by atoms with Gasteiger partial charge in [0.15, 0.2) is 0 Å². The van der Waals surface area contributed by atoms with Crippen molar-refractivity contribution >= 4 is 23.4 Å². The second kappa shape index (κ2) is 8.61. The van der Waals surface area contributed by atoms with Crippen molar-refractivity contribution in [2.75, 3.05) is 10.6 Å². The van der Waals surface area contributed by atoms with Crippen LogP contribution >= 0.6 is 0 Å². The molecule has 0 aliphatic heterocycles. The zero-order valence-electron chi connectivity index (χ0n) is 18.9. The maximum Gasteiger partial charge on any atom is 0.314 e. The van der Waals surface area contributed by atoms with Crippen LogP contribution in [0.5, 0.6) is 0 Å². The molecule has 4 rings (SSSR count). The van der Waals surface area contributed by atoms with Gasteiger partial charge in [-0.3, -0.25) is 4.79 Å². The number of aromatic nitrogens is 2. The van der Waals surface area contributed by atoms with Gasteiger partial charge >= 0.3 is 5.97 Å². The van der Waals surface area contributed by atoms with Gasteiger partial charge in [0.1, 0.15) is 5.82 Å². The molecule has 0 radical (unpaired) electrons. The summed E-state index contributed by atoms with van der Waals surface area (Å²) >= 11 is 0. The van der Waals surface area contributed by atoms with Crippen molar-refractivity contribution in [3.63, 3.8) is 0 Å². The number of rotatable bonds is 8. The number of hydrogen-bond donors (Lipinski definition) is 3. The Morgan fingerprint density at radius 3 is 2.31 bits per heavy atom. The predicted octanol–water partition coefficient (Wildman–Crippen LogP) is 5.99. The quantitative estimate of drug-likeness (QED) is 0.407. The van der Waals surface area contributed by atoms with Gasteiger partial charge in [0, 0.05) is 22.9 Å². The van der Waals surface area contributed by atoms with E-state index in [0.717, 1.165) is 41.2 Å². The molecule has 6 nitrogen and oxygen atoms in total. The zero-order valence-corrected chi connectivity index (χ0v) is 18.9. The summed E-state index contributed by atoms with van der Waals surface area (Å²) in [7, 11) is 0. The topological polar surface area (TPSA) is 87.1 Å². The highest BCUT2D eigenvalue weighted by Gasteiger charge is 2.45. The standard InChI is InChI=1S/C26H30N4O2/c1-4-25(2,3)30-22-17-21(18-9-6-5-7-10-18)28-24(29-22)27-20-13-11-19(12-14-20)26(23(31)32)15-8-16-26/h5-7,9-14,17H,4,8,15-16H2,1-3H3,(H,31,32)(H2,27,28,29,30). The lowest BCUT2D eigenvalue weighted by Crippen LogP contribution is -2.42. The third kappa shape index (κ3) is 4.44. The predicted molar refractivity (Wildman–Crippen MR) is 128 cm³/mol. The van der Waals surface area contributed by atoms with Crippen LogP contribution in [0.3, 0.4) is 0 Å². The number of carboxylic acids is 1. The SMILES string of the molecule is CCC(C)(C)Nc1cc(-c2ccccc2)nc(Nc2ccc(C3(C(=O)O)CCC3)cc2)n1.